The van der Waals surface area contributed by atoms with Gasteiger partial charge < -0.3 is 15.7 Å². The van der Waals surface area contributed by atoms with Gasteiger partial charge in [-0.25, -0.2) is 19.3 Å². The molecule has 0 aliphatic heterocycles. The molecule has 2 aromatic heterocycles. The molecule has 3 N–H and O–H groups in total. The number of hydrogen-bond acceptors (Lipinski definition) is 7. The number of rotatable bonds is 9. The van der Waals surface area contributed by atoms with Gasteiger partial charge in [-0.2, -0.15) is 0 Å². The first kappa shape index (κ1) is 22.3. The fraction of sp³-hybridized carbons (Fsp3) is 0.261. The number of aliphatic hydroxyl groups is 1. The molecule has 8 heteroatoms. The fourth-order valence-corrected chi connectivity index (χ4v) is 3.06. The summed E-state index contributed by atoms with van der Waals surface area (Å²) in [5.41, 5.74) is 3.34. The van der Waals surface area contributed by atoms with Crippen LogP contribution in [0.5, 0.6) is 0 Å². The first-order valence-corrected chi connectivity index (χ1v) is 10.1. The highest BCUT2D eigenvalue weighted by molar-refractivity contribution is 5.65. The highest BCUT2D eigenvalue weighted by Crippen LogP contribution is 2.22. The Balaban J connectivity index is 1.91. The van der Waals surface area contributed by atoms with E-state index in [9.17, 15) is 4.39 Å². The molecule has 0 spiro atoms. The van der Waals surface area contributed by atoms with E-state index in [-0.39, 0.29) is 12.4 Å². The molecule has 2 aromatic rings. The van der Waals surface area contributed by atoms with Crippen molar-refractivity contribution in [1.82, 2.24) is 19.9 Å². The van der Waals surface area contributed by atoms with E-state index in [4.69, 9.17) is 5.11 Å². The summed E-state index contributed by atoms with van der Waals surface area (Å²) in [4.78, 5) is 15.1. The van der Waals surface area contributed by atoms with Crippen LogP contribution in [-0.4, -0.2) is 52.2 Å². The van der Waals surface area contributed by atoms with E-state index in [0.29, 0.717) is 37.0 Å². The third-order valence-electron chi connectivity index (χ3n) is 4.60. The fourth-order valence-electron chi connectivity index (χ4n) is 3.06. The Morgan fingerprint density at radius 1 is 1.23 bits per heavy atom. The second-order valence-electron chi connectivity index (χ2n) is 7.07. The van der Waals surface area contributed by atoms with Crippen molar-refractivity contribution >= 4 is 17.8 Å². The third kappa shape index (κ3) is 6.84. The summed E-state index contributed by atoms with van der Waals surface area (Å²) in [6, 6.07) is 5.70. The van der Waals surface area contributed by atoms with Crippen LogP contribution in [0.2, 0.25) is 0 Å². The first-order valence-electron chi connectivity index (χ1n) is 10.1. The molecule has 2 heterocycles. The van der Waals surface area contributed by atoms with Crippen LogP contribution in [0.15, 0.2) is 72.0 Å². The van der Waals surface area contributed by atoms with Crippen LogP contribution in [0.25, 0.3) is 6.08 Å². The van der Waals surface area contributed by atoms with Gasteiger partial charge in [-0.05, 0) is 61.0 Å². The molecule has 3 rings (SSSR count). The number of aromatic nitrogens is 3. The second-order valence-corrected chi connectivity index (χ2v) is 7.07. The molecule has 162 valence electrons. The van der Waals surface area contributed by atoms with Crippen molar-refractivity contribution in [1.29, 1.82) is 0 Å². The van der Waals surface area contributed by atoms with Crippen LogP contribution in [0.1, 0.15) is 17.7 Å². The van der Waals surface area contributed by atoms with Gasteiger partial charge in [0.25, 0.3) is 0 Å². The van der Waals surface area contributed by atoms with Crippen LogP contribution in [0, 0.1) is 0 Å². The summed E-state index contributed by atoms with van der Waals surface area (Å²) in [7, 11) is 3.71. The van der Waals surface area contributed by atoms with Gasteiger partial charge in [0.2, 0.25) is 5.95 Å². The number of nitrogens with one attached hydrogen (secondary N) is 2. The second kappa shape index (κ2) is 11.1. The van der Waals surface area contributed by atoms with Gasteiger partial charge in [-0.3, -0.25) is 4.90 Å². The minimum atomic E-state index is -0.267. The summed E-state index contributed by atoms with van der Waals surface area (Å²) in [5, 5.41) is 15.4. The monoisotopic (exact) mass is 422 g/mol. The van der Waals surface area contributed by atoms with E-state index in [1.807, 2.05) is 36.2 Å². The lowest BCUT2D eigenvalue weighted by Gasteiger charge is -2.16. The van der Waals surface area contributed by atoms with Crippen molar-refractivity contribution in [2.45, 2.75) is 13.0 Å². The Morgan fingerprint density at radius 3 is 2.87 bits per heavy atom. The average Bonchev–Trinajstić information content (AvgIpc) is 2.98. The standard InChI is InChI=1S/C23H27FN6O/c1-25-23-27-11-9-20(28-23)15-21(18-4-3-5-19(24)7-6-18)29-22-14-17(8-10-26-22)16-30(2)12-13-31/h4-11,14-15,31H,3,12-13,16H2,1-2H3,(H,26,29)(H,25,27,28)/b21-15+. The number of halogens is 1. The molecule has 0 radical (unpaired) electrons. The van der Waals surface area contributed by atoms with Crippen LogP contribution in [0.3, 0.4) is 0 Å². The smallest absolute Gasteiger partial charge is 0.222 e. The van der Waals surface area contributed by atoms with Crippen molar-refractivity contribution in [3.05, 3.63) is 83.3 Å². The van der Waals surface area contributed by atoms with Gasteiger partial charge in [0.05, 0.1) is 12.3 Å². The van der Waals surface area contributed by atoms with Crippen LogP contribution in [0.4, 0.5) is 16.2 Å². The largest absolute Gasteiger partial charge is 0.395 e. The molecular formula is C23H27FN6O. The maximum Gasteiger partial charge on any atom is 0.222 e. The van der Waals surface area contributed by atoms with Crippen molar-refractivity contribution in [2.24, 2.45) is 0 Å². The molecule has 0 bridgehead atoms. The number of hydrogen-bond donors (Lipinski definition) is 3. The van der Waals surface area contributed by atoms with Gasteiger partial charge in [-0.1, -0.05) is 12.2 Å². The molecule has 1 aliphatic rings. The minimum absolute atomic E-state index is 0.109. The molecule has 1 aliphatic carbocycles. The number of aliphatic hydroxyl groups excluding tert-OH is 1. The van der Waals surface area contributed by atoms with E-state index in [2.05, 4.69) is 25.6 Å². The Kier molecular flexibility index (Phi) is 8.03. The lowest BCUT2D eigenvalue weighted by atomic mass is 10.1. The van der Waals surface area contributed by atoms with Crippen LogP contribution < -0.4 is 10.6 Å². The number of likely N-dealkylation sites (N-methyl/N-ethyl adjacent to an activating group) is 1. The molecule has 0 unspecified atom stereocenters. The normalized spacial score (nSPS) is 14.2. The van der Waals surface area contributed by atoms with Gasteiger partial charge in [0, 0.05) is 38.2 Å². The maximum atomic E-state index is 13.7. The molecule has 0 amide bonds. The molecule has 0 atom stereocenters. The quantitative estimate of drug-likeness (QED) is 0.570. The number of allylic oxidation sites excluding steroid dienone is 5. The number of pyridine rings is 1. The Labute approximate surface area is 181 Å². The lowest BCUT2D eigenvalue weighted by molar-refractivity contribution is 0.217. The molecule has 31 heavy (non-hydrogen) atoms. The summed E-state index contributed by atoms with van der Waals surface area (Å²) in [6.45, 7) is 1.39. The molecule has 0 aromatic carbocycles. The van der Waals surface area contributed by atoms with Gasteiger partial charge in [-0.15, -0.1) is 0 Å². The third-order valence-corrected chi connectivity index (χ3v) is 4.60. The van der Waals surface area contributed by atoms with E-state index < -0.39 is 0 Å². The highest BCUT2D eigenvalue weighted by atomic mass is 19.1. The topological polar surface area (TPSA) is 86.2 Å². The lowest BCUT2D eigenvalue weighted by Crippen LogP contribution is -2.21. The number of nitrogens with zero attached hydrogens (tertiary/aromatic N) is 4. The van der Waals surface area contributed by atoms with Crippen molar-refractivity contribution in [2.75, 3.05) is 37.9 Å². The zero-order valence-electron chi connectivity index (χ0n) is 17.7. The van der Waals surface area contributed by atoms with E-state index in [0.717, 1.165) is 16.8 Å². The zero-order valence-corrected chi connectivity index (χ0v) is 17.7. The summed E-state index contributed by atoms with van der Waals surface area (Å²) < 4.78 is 13.7. The van der Waals surface area contributed by atoms with E-state index in [1.165, 1.54) is 12.2 Å². The van der Waals surface area contributed by atoms with Crippen molar-refractivity contribution in [3.63, 3.8) is 0 Å². The number of anilines is 2. The summed E-state index contributed by atoms with van der Waals surface area (Å²) in [5.74, 6) is 0.909. The zero-order chi connectivity index (χ0) is 22.1. The highest BCUT2D eigenvalue weighted by Gasteiger charge is 2.09. The van der Waals surface area contributed by atoms with Gasteiger partial charge >= 0.3 is 0 Å². The molecule has 7 nitrogen and oxygen atoms in total. The maximum absolute atomic E-state index is 13.7. The molecule has 0 saturated carbocycles. The predicted octanol–water partition coefficient (Wildman–Crippen LogP) is 3.53. The van der Waals surface area contributed by atoms with Crippen LogP contribution >= 0.6 is 0 Å². The molecule has 0 fully saturated rings. The SMILES string of the molecule is CNc1nccc(/C=C(/Nc2cc(CN(C)CCO)ccn2)C2=CCC=C(F)C=C2)n1. The molecule has 0 saturated heterocycles. The Bertz CT molecular complexity index is 1010. The minimum Gasteiger partial charge on any atom is -0.395 e. The van der Waals surface area contributed by atoms with Gasteiger partial charge in [0.1, 0.15) is 11.6 Å². The van der Waals surface area contributed by atoms with E-state index >= 15 is 0 Å². The van der Waals surface area contributed by atoms with Crippen LogP contribution in [-0.2, 0) is 6.54 Å². The van der Waals surface area contributed by atoms with Crippen molar-refractivity contribution < 1.29 is 9.50 Å². The molecular weight excluding hydrogens is 395 g/mol. The summed E-state index contributed by atoms with van der Waals surface area (Å²) >= 11 is 0. The van der Waals surface area contributed by atoms with Gasteiger partial charge in [0.15, 0.2) is 0 Å². The Morgan fingerprint density at radius 2 is 2.06 bits per heavy atom. The Hall–Kier alpha value is -3.36. The summed E-state index contributed by atoms with van der Waals surface area (Å²) in [6.07, 6.45) is 12.4. The predicted molar refractivity (Wildman–Crippen MR) is 122 cm³/mol. The first-order chi connectivity index (χ1) is 15.1. The van der Waals surface area contributed by atoms with E-state index in [1.54, 1.807) is 31.6 Å². The average molecular weight is 423 g/mol. The van der Waals surface area contributed by atoms with Crippen molar-refractivity contribution in [3.8, 4) is 0 Å².